The van der Waals surface area contributed by atoms with Crippen molar-refractivity contribution in [3.05, 3.63) is 24.3 Å². The van der Waals surface area contributed by atoms with Gasteiger partial charge in [-0.05, 0) is 12.0 Å². The van der Waals surface area contributed by atoms with Gasteiger partial charge in [0.15, 0.2) is 5.78 Å². The van der Waals surface area contributed by atoms with Crippen molar-refractivity contribution in [2.45, 2.75) is 11.6 Å². The van der Waals surface area contributed by atoms with Gasteiger partial charge in [-0.15, -0.1) is 0 Å². The first kappa shape index (κ1) is 15.6. The van der Waals surface area contributed by atoms with E-state index in [1.165, 1.54) is 34.5 Å². The van der Waals surface area contributed by atoms with Crippen molar-refractivity contribution >= 4 is 11.6 Å². The highest BCUT2D eigenvalue weighted by atomic mass is 16.7. The molecule has 4 rings (SSSR count). The SMILES string of the molecule is COC1(OC)C(=O)C2C=CC1C1C2C=CC(=O)C1(OC)OC. The van der Waals surface area contributed by atoms with E-state index >= 15 is 0 Å². The van der Waals surface area contributed by atoms with Crippen LogP contribution in [0.15, 0.2) is 24.3 Å². The summed E-state index contributed by atoms with van der Waals surface area (Å²) in [5.41, 5.74) is 0. The number of allylic oxidation sites excluding steroid dienone is 2. The zero-order valence-corrected chi connectivity index (χ0v) is 13.1. The lowest BCUT2D eigenvalue weighted by molar-refractivity contribution is -0.295. The van der Waals surface area contributed by atoms with E-state index < -0.39 is 29.3 Å². The summed E-state index contributed by atoms with van der Waals surface area (Å²) in [6.07, 6.45) is 6.95. The van der Waals surface area contributed by atoms with Crippen LogP contribution in [0, 0.1) is 23.7 Å². The number of ether oxygens (including phenoxy) is 4. The molecule has 0 amide bonds. The maximum absolute atomic E-state index is 12.8. The van der Waals surface area contributed by atoms with Gasteiger partial charge >= 0.3 is 0 Å². The standard InChI is InChI=1S/C16H20O6/c1-19-15(20-2)11-7-5-10(14(15)18)9-6-8-12(17)16(21-3,22-4)13(9)11/h5-11,13H,1-4H3. The van der Waals surface area contributed by atoms with Gasteiger partial charge < -0.3 is 18.9 Å². The van der Waals surface area contributed by atoms with Gasteiger partial charge in [-0.3, -0.25) is 9.59 Å². The second-order valence-corrected chi connectivity index (χ2v) is 5.78. The average molecular weight is 308 g/mol. The van der Waals surface area contributed by atoms with E-state index in [0.717, 1.165) is 0 Å². The Balaban J connectivity index is 2.19. The molecule has 0 aromatic rings. The molecular weight excluding hydrogens is 288 g/mol. The number of rotatable bonds is 4. The minimum absolute atomic E-state index is 0.133. The topological polar surface area (TPSA) is 71.1 Å². The maximum atomic E-state index is 12.8. The van der Waals surface area contributed by atoms with Gasteiger partial charge in [-0.1, -0.05) is 18.2 Å². The number of ketones is 2. The Morgan fingerprint density at radius 1 is 0.864 bits per heavy atom. The molecule has 1 fully saturated rings. The molecule has 120 valence electrons. The highest BCUT2D eigenvalue weighted by Crippen LogP contribution is 2.56. The highest BCUT2D eigenvalue weighted by Gasteiger charge is 2.68. The van der Waals surface area contributed by atoms with Crippen LogP contribution in [0.4, 0.5) is 0 Å². The summed E-state index contributed by atoms with van der Waals surface area (Å²) in [5.74, 6) is -4.72. The molecule has 0 heterocycles. The van der Waals surface area contributed by atoms with E-state index in [0.29, 0.717) is 0 Å². The molecule has 0 saturated heterocycles. The van der Waals surface area contributed by atoms with Crippen LogP contribution >= 0.6 is 0 Å². The lowest BCUT2D eigenvalue weighted by Gasteiger charge is -2.56. The third kappa shape index (κ3) is 1.58. The van der Waals surface area contributed by atoms with Crippen LogP contribution in [0.3, 0.4) is 0 Å². The number of carbonyl (C=O) groups is 2. The Kier molecular flexibility index (Phi) is 3.60. The number of hydrogen-bond acceptors (Lipinski definition) is 6. The molecule has 4 aliphatic carbocycles. The number of Topliss-reactive ketones (excluding diaryl/α,β-unsaturated/α-hetero) is 1. The third-order valence-electron chi connectivity index (χ3n) is 5.29. The normalized spacial score (nSPS) is 37.5. The van der Waals surface area contributed by atoms with Crippen LogP contribution < -0.4 is 0 Å². The molecule has 0 N–H and O–H groups in total. The largest absolute Gasteiger partial charge is 0.347 e. The van der Waals surface area contributed by atoms with Crippen molar-refractivity contribution in [2.24, 2.45) is 23.7 Å². The number of carbonyl (C=O) groups excluding carboxylic acids is 2. The lowest BCUT2D eigenvalue weighted by atomic mass is 9.54. The quantitative estimate of drug-likeness (QED) is 0.563. The number of hydrogen-bond donors (Lipinski definition) is 0. The van der Waals surface area contributed by atoms with Gasteiger partial charge in [0.05, 0.1) is 0 Å². The van der Waals surface area contributed by atoms with Gasteiger partial charge in [-0.2, -0.15) is 0 Å². The van der Waals surface area contributed by atoms with Crippen molar-refractivity contribution in [2.75, 3.05) is 28.4 Å². The van der Waals surface area contributed by atoms with Crippen molar-refractivity contribution < 1.29 is 28.5 Å². The monoisotopic (exact) mass is 308 g/mol. The fourth-order valence-electron chi connectivity index (χ4n) is 4.29. The van der Waals surface area contributed by atoms with E-state index in [2.05, 4.69) is 0 Å². The number of methoxy groups -OCH3 is 4. The van der Waals surface area contributed by atoms with E-state index in [4.69, 9.17) is 18.9 Å². The van der Waals surface area contributed by atoms with E-state index in [1.54, 1.807) is 6.08 Å². The molecule has 0 spiro atoms. The predicted molar refractivity (Wildman–Crippen MR) is 75.8 cm³/mol. The Hall–Kier alpha value is -1.34. The highest BCUT2D eigenvalue weighted by molar-refractivity contribution is 6.00. The minimum Gasteiger partial charge on any atom is -0.347 e. The molecule has 1 saturated carbocycles. The fourth-order valence-corrected chi connectivity index (χ4v) is 4.29. The molecule has 22 heavy (non-hydrogen) atoms. The fraction of sp³-hybridized carbons (Fsp3) is 0.625. The number of fused-ring (bicyclic) bond motifs is 1. The molecule has 6 nitrogen and oxygen atoms in total. The average Bonchev–Trinajstić information content (AvgIpc) is 2.56. The molecule has 4 aliphatic rings. The molecular formula is C16H20O6. The van der Waals surface area contributed by atoms with Gasteiger partial charge in [0.1, 0.15) is 0 Å². The first-order valence-electron chi connectivity index (χ1n) is 7.18. The summed E-state index contributed by atoms with van der Waals surface area (Å²) >= 11 is 0. The van der Waals surface area contributed by atoms with E-state index in [9.17, 15) is 9.59 Å². The van der Waals surface area contributed by atoms with Gasteiger partial charge in [-0.25, -0.2) is 0 Å². The molecule has 0 radical (unpaired) electrons. The summed E-state index contributed by atoms with van der Waals surface area (Å²) in [7, 11) is 5.75. The Morgan fingerprint density at radius 2 is 1.45 bits per heavy atom. The summed E-state index contributed by atoms with van der Waals surface area (Å²) in [6, 6.07) is 0. The van der Waals surface area contributed by atoms with Crippen LogP contribution in [0.2, 0.25) is 0 Å². The molecule has 0 aromatic carbocycles. The Morgan fingerprint density at radius 3 is 2.00 bits per heavy atom. The van der Waals surface area contributed by atoms with Crippen molar-refractivity contribution in [3.8, 4) is 0 Å². The Labute approximate surface area is 129 Å². The summed E-state index contributed by atoms with van der Waals surface area (Å²) in [6.45, 7) is 0. The van der Waals surface area contributed by atoms with Crippen molar-refractivity contribution in [1.82, 2.24) is 0 Å². The van der Waals surface area contributed by atoms with Crippen LogP contribution in [-0.4, -0.2) is 51.6 Å². The minimum atomic E-state index is -1.43. The second kappa shape index (κ2) is 5.09. The molecule has 4 unspecified atom stereocenters. The van der Waals surface area contributed by atoms with E-state index in [1.807, 2.05) is 12.2 Å². The van der Waals surface area contributed by atoms with Gasteiger partial charge in [0, 0.05) is 46.2 Å². The zero-order valence-electron chi connectivity index (χ0n) is 13.1. The first-order valence-corrected chi connectivity index (χ1v) is 7.18. The molecule has 6 heteroatoms. The Bertz CT molecular complexity index is 555. The smallest absolute Gasteiger partial charge is 0.236 e. The van der Waals surface area contributed by atoms with Gasteiger partial charge in [0.2, 0.25) is 17.4 Å². The summed E-state index contributed by atoms with van der Waals surface area (Å²) in [5, 5.41) is 0. The van der Waals surface area contributed by atoms with Crippen LogP contribution in [0.25, 0.3) is 0 Å². The third-order valence-corrected chi connectivity index (χ3v) is 5.29. The van der Waals surface area contributed by atoms with Crippen molar-refractivity contribution in [1.29, 1.82) is 0 Å². The van der Waals surface area contributed by atoms with Crippen LogP contribution in [0.5, 0.6) is 0 Å². The maximum Gasteiger partial charge on any atom is 0.236 e. The van der Waals surface area contributed by atoms with Gasteiger partial charge in [0.25, 0.3) is 0 Å². The lowest BCUT2D eigenvalue weighted by Crippen LogP contribution is -2.69. The second-order valence-electron chi connectivity index (χ2n) is 5.78. The summed E-state index contributed by atoms with van der Waals surface area (Å²) < 4.78 is 21.9. The molecule has 0 aliphatic heterocycles. The van der Waals surface area contributed by atoms with E-state index in [-0.39, 0.29) is 17.5 Å². The first-order chi connectivity index (χ1) is 10.5. The predicted octanol–water partition coefficient (Wildman–Crippen LogP) is 0.721. The van der Waals surface area contributed by atoms with Crippen LogP contribution in [-0.2, 0) is 28.5 Å². The van der Waals surface area contributed by atoms with Crippen LogP contribution in [0.1, 0.15) is 0 Å². The molecule has 2 bridgehead atoms. The molecule has 0 aromatic heterocycles. The van der Waals surface area contributed by atoms with Crippen molar-refractivity contribution in [3.63, 3.8) is 0 Å². The molecule has 4 atom stereocenters. The zero-order chi connectivity index (χ0) is 16.1. The summed E-state index contributed by atoms with van der Waals surface area (Å²) in [4.78, 5) is 25.2.